The highest BCUT2D eigenvalue weighted by Gasteiger charge is 1.58. The van der Waals surface area contributed by atoms with Gasteiger partial charge in [-0.2, -0.15) is 13.5 Å². The van der Waals surface area contributed by atoms with Crippen LogP contribution in [0.3, 0.4) is 0 Å². The molecule has 64 valence electrons. The Hall–Kier alpha value is -1.22. The molecule has 0 aromatic carbocycles. The number of hydrogen-bond acceptors (Lipinski definition) is 1. The maximum atomic E-state index is 3.78. The van der Waals surface area contributed by atoms with E-state index in [4.69, 9.17) is 0 Å². The highest BCUT2D eigenvalue weighted by molar-refractivity contribution is 7.59. The molecular weight excluding hydrogens is 168 g/mol. The van der Waals surface area contributed by atoms with Gasteiger partial charge in [0, 0.05) is 24.8 Å². The van der Waals surface area contributed by atoms with Gasteiger partial charge in [-0.1, -0.05) is 6.07 Å². The highest BCUT2D eigenvalue weighted by atomic mass is 32.1. The zero-order valence-electron chi connectivity index (χ0n) is 6.64. The summed E-state index contributed by atoms with van der Waals surface area (Å²) in [5.74, 6) is 0. The minimum absolute atomic E-state index is 0. The molecule has 0 atom stereocenters. The third-order valence-corrected chi connectivity index (χ3v) is 1.06. The molecule has 1 N–H and O–H groups in total. The van der Waals surface area contributed by atoms with Crippen molar-refractivity contribution in [2.24, 2.45) is 0 Å². The average Bonchev–Trinajstić information content (AvgIpc) is 2.64. The molecular formula is C9H12N2S. The van der Waals surface area contributed by atoms with Gasteiger partial charge in [0.05, 0.1) is 0 Å². The summed E-state index contributed by atoms with van der Waals surface area (Å²) < 4.78 is 0. The predicted octanol–water partition coefficient (Wildman–Crippen LogP) is 2.21. The fourth-order valence-corrected chi connectivity index (χ4v) is 0.590. The van der Waals surface area contributed by atoms with Crippen LogP contribution in [0.2, 0.25) is 0 Å². The standard InChI is InChI=1S/C5H5N.C4H5N.H2S/c1-2-4-6-5-3-1;1-2-4-5-3-1;/h1-5H;1-5H;1H2. The van der Waals surface area contributed by atoms with E-state index in [1.807, 2.05) is 42.7 Å². The second-order valence-electron chi connectivity index (χ2n) is 1.91. The van der Waals surface area contributed by atoms with Gasteiger partial charge in [-0.3, -0.25) is 4.98 Å². The normalized spacial score (nSPS) is 7.33. The van der Waals surface area contributed by atoms with E-state index in [9.17, 15) is 0 Å². The van der Waals surface area contributed by atoms with E-state index in [0.717, 1.165) is 0 Å². The second kappa shape index (κ2) is 7.88. The molecule has 2 nitrogen and oxygen atoms in total. The van der Waals surface area contributed by atoms with Gasteiger partial charge in [-0.15, -0.1) is 0 Å². The minimum atomic E-state index is 0. The van der Waals surface area contributed by atoms with Crippen LogP contribution in [0.4, 0.5) is 0 Å². The molecule has 0 bridgehead atoms. The van der Waals surface area contributed by atoms with Crippen molar-refractivity contribution in [3.8, 4) is 0 Å². The van der Waals surface area contributed by atoms with Crippen LogP contribution in [0.1, 0.15) is 0 Å². The Labute approximate surface area is 79.1 Å². The van der Waals surface area contributed by atoms with Crippen LogP contribution in [0.25, 0.3) is 0 Å². The number of aromatic nitrogens is 2. The summed E-state index contributed by atoms with van der Waals surface area (Å²) in [6.45, 7) is 0. The molecule has 12 heavy (non-hydrogen) atoms. The number of H-pyrrole nitrogens is 1. The van der Waals surface area contributed by atoms with Crippen molar-refractivity contribution in [3.63, 3.8) is 0 Å². The van der Waals surface area contributed by atoms with Crippen LogP contribution in [0.15, 0.2) is 55.1 Å². The van der Waals surface area contributed by atoms with Gasteiger partial charge in [0.2, 0.25) is 0 Å². The summed E-state index contributed by atoms with van der Waals surface area (Å²) in [4.78, 5) is 6.65. The van der Waals surface area contributed by atoms with Crippen LogP contribution in [0, 0.1) is 0 Å². The summed E-state index contributed by atoms with van der Waals surface area (Å²) in [5.41, 5.74) is 0. The molecule has 2 aromatic rings. The molecule has 2 heterocycles. The Morgan fingerprint density at radius 2 is 1.33 bits per heavy atom. The maximum absolute atomic E-state index is 3.78. The maximum Gasteiger partial charge on any atom is 0.0267 e. The number of hydrogen-bond donors (Lipinski definition) is 1. The molecule has 0 aliphatic heterocycles. The molecule has 0 radical (unpaired) electrons. The van der Waals surface area contributed by atoms with Gasteiger partial charge in [0.25, 0.3) is 0 Å². The fourth-order valence-electron chi connectivity index (χ4n) is 0.590. The topological polar surface area (TPSA) is 28.7 Å². The molecule has 2 aromatic heterocycles. The number of aromatic amines is 1. The average molecular weight is 180 g/mol. The number of nitrogens with zero attached hydrogens (tertiary/aromatic N) is 1. The number of nitrogens with one attached hydrogen (secondary N) is 1. The van der Waals surface area contributed by atoms with Crippen LogP contribution in [-0.4, -0.2) is 9.97 Å². The van der Waals surface area contributed by atoms with Gasteiger partial charge >= 0.3 is 0 Å². The molecule has 2 rings (SSSR count). The third kappa shape index (κ3) is 5.56. The van der Waals surface area contributed by atoms with Crippen LogP contribution in [0.5, 0.6) is 0 Å². The van der Waals surface area contributed by atoms with E-state index in [-0.39, 0.29) is 13.5 Å². The van der Waals surface area contributed by atoms with Gasteiger partial charge < -0.3 is 4.98 Å². The number of rotatable bonds is 0. The molecule has 0 aliphatic rings. The van der Waals surface area contributed by atoms with Crippen molar-refractivity contribution in [1.82, 2.24) is 9.97 Å². The van der Waals surface area contributed by atoms with Crippen LogP contribution < -0.4 is 0 Å². The Balaban J connectivity index is 0.000000189. The van der Waals surface area contributed by atoms with Crippen molar-refractivity contribution in [2.45, 2.75) is 0 Å². The van der Waals surface area contributed by atoms with Crippen molar-refractivity contribution in [2.75, 3.05) is 0 Å². The Morgan fingerprint density at radius 3 is 1.50 bits per heavy atom. The van der Waals surface area contributed by atoms with E-state index < -0.39 is 0 Å². The summed E-state index contributed by atoms with van der Waals surface area (Å²) in [6, 6.07) is 9.60. The van der Waals surface area contributed by atoms with Crippen molar-refractivity contribution in [3.05, 3.63) is 55.1 Å². The van der Waals surface area contributed by atoms with Gasteiger partial charge in [0.1, 0.15) is 0 Å². The quantitative estimate of drug-likeness (QED) is 0.661. The van der Waals surface area contributed by atoms with E-state index in [1.54, 1.807) is 12.4 Å². The molecule has 0 saturated carbocycles. The minimum Gasteiger partial charge on any atom is -0.368 e. The molecule has 0 amide bonds. The highest BCUT2D eigenvalue weighted by Crippen LogP contribution is 1.73. The zero-order valence-corrected chi connectivity index (χ0v) is 7.64. The lowest BCUT2D eigenvalue weighted by molar-refractivity contribution is 1.33. The molecule has 3 heteroatoms. The molecule has 0 fully saturated rings. The van der Waals surface area contributed by atoms with Gasteiger partial charge in [0.15, 0.2) is 0 Å². The first kappa shape index (κ1) is 10.8. The lowest BCUT2D eigenvalue weighted by Gasteiger charge is -1.70. The largest absolute Gasteiger partial charge is 0.368 e. The van der Waals surface area contributed by atoms with E-state index in [2.05, 4.69) is 9.97 Å². The zero-order chi connectivity index (χ0) is 7.78. The van der Waals surface area contributed by atoms with Crippen molar-refractivity contribution in [1.29, 1.82) is 0 Å². The molecule has 0 saturated heterocycles. The van der Waals surface area contributed by atoms with Gasteiger partial charge in [-0.05, 0) is 24.3 Å². The predicted molar refractivity (Wildman–Crippen MR) is 55.4 cm³/mol. The first-order valence-electron chi connectivity index (χ1n) is 3.43. The SMILES string of the molecule is S.c1cc[nH]c1.c1ccncc1. The molecule has 0 unspecified atom stereocenters. The first-order chi connectivity index (χ1) is 5.50. The lowest BCUT2D eigenvalue weighted by Crippen LogP contribution is -1.58. The monoisotopic (exact) mass is 180 g/mol. The summed E-state index contributed by atoms with van der Waals surface area (Å²) in [5, 5.41) is 0. The molecule has 0 spiro atoms. The Kier molecular flexibility index (Phi) is 7.08. The Bertz CT molecular complexity index is 198. The number of pyridine rings is 1. The van der Waals surface area contributed by atoms with Crippen LogP contribution in [-0.2, 0) is 0 Å². The van der Waals surface area contributed by atoms with E-state index in [0.29, 0.717) is 0 Å². The van der Waals surface area contributed by atoms with E-state index in [1.165, 1.54) is 0 Å². The fraction of sp³-hybridized carbons (Fsp3) is 0. The summed E-state index contributed by atoms with van der Waals surface area (Å²) in [6.07, 6.45) is 7.25. The van der Waals surface area contributed by atoms with Gasteiger partial charge in [-0.25, -0.2) is 0 Å². The molecule has 0 aliphatic carbocycles. The van der Waals surface area contributed by atoms with E-state index >= 15 is 0 Å². The smallest absolute Gasteiger partial charge is 0.0267 e. The lowest BCUT2D eigenvalue weighted by atomic mass is 10.5. The van der Waals surface area contributed by atoms with Crippen LogP contribution >= 0.6 is 13.5 Å². The summed E-state index contributed by atoms with van der Waals surface area (Å²) in [7, 11) is 0. The third-order valence-electron chi connectivity index (χ3n) is 1.06. The second-order valence-corrected chi connectivity index (χ2v) is 1.91. The first-order valence-corrected chi connectivity index (χ1v) is 3.43. The Morgan fingerprint density at radius 1 is 0.750 bits per heavy atom. The van der Waals surface area contributed by atoms with Crippen molar-refractivity contribution < 1.29 is 0 Å². The summed E-state index contributed by atoms with van der Waals surface area (Å²) >= 11 is 0. The van der Waals surface area contributed by atoms with Crippen molar-refractivity contribution >= 4 is 13.5 Å².